The molecule has 2 aliphatic heterocycles. The molecule has 0 unspecified atom stereocenters. The second kappa shape index (κ2) is 4.69. The molecule has 0 bridgehead atoms. The highest BCUT2D eigenvalue weighted by Crippen LogP contribution is 2.37. The summed E-state index contributed by atoms with van der Waals surface area (Å²) in [5.41, 5.74) is -0.492. The maximum absolute atomic E-state index is 8.03. The normalized spacial score (nSPS) is 35.0. The summed E-state index contributed by atoms with van der Waals surface area (Å²) in [5.74, 6) is 0. The van der Waals surface area contributed by atoms with Gasteiger partial charge < -0.3 is 18.8 Å². The van der Waals surface area contributed by atoms with Crippen LogP contribution in [0.2, 0.25) is 0 Å². The van der Waals surface area contributed by atoms with Gasteiger partial charge in [-0.1, -0.05) is 11.3 Å². The number of rotatable bonds is 3. The SMILES string of the molecule is [2H]C1([2H])OC([2H])([2H])C1([2H])Oc1nc(C)c(B2OC(C)(C)C(C)(C)O2)s1. The molecular weight excluding hydrogens is 277 g/mol. The van der Waals surface area contributed by atoms with Gasteiger partial charge in [-0.05, 0) is 34.6 Å². The molecule has 3 rings (SSSR count). The molecule has 5 nitrogen and oxygen atoms in total. The van der Waals surface area contributed by atoms with Crippen LogP contribution in [-0.2, 0) is 14.0 Å². The standard InChI is InChI=1S/C13H20BNO4S/c1-8-10(14-18-12(2,3)13(4,5)19-14)20-11(15-8)17-9-6-16-7-9/h9H,6-7H2,1-5H3/i6D2,7D2,9D. The second-order valence-corrected chi connectivity index (χ2v) is 6.75. The van der Waals surface area contributed by atoms with Gasteiger partial charge in [-0.2, -0.15) is 0 Å². The lowest BCUT2D eigenvalue weighted by Crippen LogP contribution is -2.41. The van der Waals surface area contributed by atoms with E-state index in [4.69, 9.17) is 20.9 Å². The molecule has 0 aromatic carbocycles. The van der Waals surface area contributed by atoms with Gasteiger partial charge in [-0.25, -0.2) is 4.98 Å². The van der Waals surface area contributed by atoms with Crippen LogP contribution in [0.25, 0.3) is 0 Å². The number of aromatic nitrogens is 1. The van der Waals surface area contributed by atoms with Crippen LogP contribution >= 0.6 is 11.3 Å². The summed E-state index contributed by atoms with van der Waals surface area (Å²) < 4.78 is 60.7. The molecule has 3 heterocycles. The quantitative estimate of drug-likeness (QED) is 0.793. The summed E-state index contributed by atoms with van der Waals surface area (Å²) in [6, 6.07) is 0. The van der Waals surface area contributed by atoms with Gasteiger partial charge in [0.2, 0.25) is 0 Å². The number of nitrogens with zero attached hydrogens (tertiary/aromatic N) is 1. The Kier molecular flexibility index (Phi) is 2.21. The van der Waals surface area contributed by atoms with Crippen molar-refractivity contribution in [1.29, 1.82) is 0 Å². The van der Waals surface area contributed by atoms with Gasteiger partial charge in [-0.15, -0.1) is 0 Å². The van der Waals surface area contributed by atoms with E-state index in [1.165, 1.54) is 0 Å². The summed E-state index contributed by atoms with van der Waals surface area (Å²) in [4.78, 5) is 4.18. The number of aryl methyl sites for hydroxylation is 1. The van der Waals surface area contributed by atoms with Crippen LogP contribution < -0.4 is 9.51 Å². The van der Waals surface area contributed by atoms with E-state index in [9.17, 15) is 0 Å². The Labute approximate surface area is 130 Å². The third-order valence-electron chi connectivity index (χ3n) is 3.76. The van der Waals surface area contributed by atoms with E-state index < -0.39 is 37.5 Å². The molecule has 2 saturated heterocycles. The first-order valence-electron chi connectivity index (χ1n) is 8.84. The first kappa shape index (κ1) is 9.40. The summed E-state index contributed by atoms with van der Waals surface area (Å²) in [6.07, 6.45) is -2.54. The summed E-state index contributed by atoms with van der Waals surface area (Å²) in [7, 11) is -0.660. The molecule has 0 N–H and O–H groups in total. The average Bonchev–Trinajstić information content (AvgIpc) is 2.85. The van der Waals surface area contributed by atoms with Gasteiger partial charge in [0.25, 0.3) is 5.19 Å². The number of thiazole rings is 1. The minimum atomic E-state index is -2.58. The van der Waals surface area contributed by atoms with E-state index in [1.54, 1.807) is 6.92 Å². The zero-order chi connectivity index (χ0) is 19.1. The van der Waals surface area contributed by atoms with Crippen molar-refractivity contribution in [3.05, 3.63) is 5.69 Å². The van der Waals surface area contributed by atoms with E-state index in [1.807, 2.05) is 27.7 Å². The molecule has 0 saturated carbocycles. The van der Waals surface area contributed by atoms with Crippen molar-refractivity contribution in [2.45, 2.75) is 51.9 Å². The summed E-state index contributed by atoms with van der Waals surface area (Å²) in [5, 5.41) is -0.0340. The summed E-state index contributed by atoms with van der Waals surface area (Å²) in [6.45, 7) is 4.26. The zero-order valence-electron chi connectivity index (χ0n) is 17.1. The van der Waals surface area contributed by atoms with Gasteiger partial charge in [-0.3, -0.25) is 0 Å². The third-order valence-corrected chi connectivity index (χ3v) is 4.81. The van der Waals surface area contributed by atoms with Crippen molar-refractivity contribution in [2.24, 2.45) is 0 Å². The average molecular weight is 302 g/mol. The molecule has 20 heavy (non-hydrogen) atoms. The van der Waals surface area contributed by atoms with E-state index in [0.29, 0.717) is 10.5 Å². The Hall–Kier alpha value is -0.625. The first-order valence-corrected chi connectivity index (χ1v) is 7.16. The Morgan fingerprint density at radius 2 is 1.95 bits per heavy atom. The van der Waals surface area contributed by atoms with E-state index in [2.05, 4.69) is 9.72 Å². The van der Waals surface area contributed by atoms with Gasteiger partial charge in [0.1, 0.15) is 6.08 Å². The Balaban J connectivity index is 1.85. The largest absolute Gasteiger partial charge is 0.507 e. The fourth-order valence-corrected chi connectivity index (χ4v) is 2.70. The number of ether oxygens (including phenoxy) is 2. The van der Waals surface area contributed by atoms with E-state index in [-0.39, 0.29) is 5.19 Å². The number of hydrogen-bond acceptors (Lipinski definition) is 6. The molecule has 0 spiro atoms. The van der Waals surface area contributed by atoms with Crippen LogP contribution in [0.5, 0.6) is 5.19 Å². The Morgan fingerprint density at radius 1 is 1.35 bits per heavy atom. The van der Waals surface area contributed by atoms with Gasteiger partial charge in [0.05, 0.1) is 41.6 Å². The Bertz CT molecular complexity index is 681. The predicted octanol–water partition coefficient (Wildman–Crippen LogP) is 1.53. The first-order chi connectivity index (χ1) is 11.1. The predicted molar refractivity (Wildman–Crippen MR) is 77.8 cm³/mol. The van der Waals surface area contributed by atoms with Crippen LogP contribution in [0, 0.1) is 6.92 Å². The monoisotopic (exact) mass is 302 g/mol. The van der Waals surface area contributed by atoms with Gasteiger partial charge >= 0.3 is 7.12 Å². The molecule has 110 valence electrons. The van der Waals surface area contributed by atoms with Crippen LogP contribution in [0.4, 0.5) is 0 Å². The second-order valence-electron chi connectivity index (χ2n) is 5.76. The lowest BCUT2D eigenvalue weighted by molar-refractivity contribution is -0.0797. The molecule has 0 aliphatic carbocycles. The van der Waals surface area contributed by atoms with Crippen LogP contribution in [0.3, 0.4) is 0 Å². The molecule has 0 radical (unpaired) electrons. The maximum Gasteiger partial charge on any atom is 0.507 e. The minimum Gasteiger partial charge on any atom is -0.462 e. The van der Waals surface area contributed by atoms with Crippen molar-refractivity contribution in [3.63, 3.8) is 0 Å². The molecule has 2 fully saturated rings. The van der Waals surface area contributed by atoms with Crippen molar-refractivity contribution in [1.82, 2.24) is 4.98 Å². The molecule has 1 aromatic heterocycles. The van der Waals surface area contributed by atoms with E-state index in [0.717, 1.165) is 11.3 Å². The van der Waals surface area contributed by atoms with Crippen molar-refractivity contribution in [2.75, 3.05) is 13.1 Å². The van der Waals surface area contributed by atoms with Crippen LogP contribution in [0.15, 0.2) is 0 Å². The van der Waals surface area contributed by atoms with Gasteiger partial charge in [0, 0.05) is 0 Å². The highest BCUT2D eigenvalue weighted by molar-refractivity contribution is 7.23. The molecule has 7 heteroatoms. The molecule has 2 aliphatic rings. The molecular formula is C13H20BNO4S. The third kappa shape index (κ3) is 2.37. The summed E-state index contributed by atoms with van der Waals surface area (Å²) >= 11 is 1.04. The Morgan fingerprint density at radius 3 is 2.50 bits per heavy atom. The van der Waals surface area contributed by atoms with Crippen LogP contribution in [0.1, 0.15) is 40.2 Å². The molecule has 0 atom stereocenters. The fraction of sp³-hybridized carbons (Fsp3) is 0.769. The highest BCUT2D eigenvalue weighted by atomic mass is 32.1. The minimum absolute atomic E-state index is 0.0340. The lowest BCUT2D eigenvalue weighted by Gasteiger charge is -2.32. The van der Waals surface area contributed by atoms with Crippen molar-refractivity contribution >= 4 is 23.2 Å². The highest BCUT2D eigenvalue weighted by Gasteiger charge is 2.53. The fourth-order valence-electron chi connectivity index (χ4n) is 1.82. The topological polar surface area (TPSA) is 49.8 Å². The molecule has 1 aromatic rings. The maximum atomic E-state index is 8.03. The number of hydrogen-bond donors (Lipinski definition) is 0. The van der Waals surface area contributed by atoms with Crippen LogP contribution in [-0.4, -0.2) is 42.5 Å². The smallest absolute Gasteiger partial charge is 0.462 e. The van der Waals surface area contributed by atoms with Crippen molar-refractivity contribution in [3.8, 4) is 5.19 Å². The van der Waals surface area contributed by atoms with E-state index >= 15 is 0 Å². The molecule has 0 amide bonds. The van der Waals surface area contributed by atoms with Crippen molar-refractivity contribution < 1.29 is 25.6 Å². The zero-order valence-corrected chi connectivity index (χ0v) is 12.9. The van der Waals surface area contributed by atoms with Gasteiger partial charge in [0.15, 0.2) is 0 Å². The lowest BCUT2D eigenvalue weighted by atomic mass is 9.86.